The Balaban J connectivity index is 2.18. The van der Waals surface area contributed by atoms with Crippen LogP contribution in [0.15, 0.2) is 40.4 Å². The minimum absolute atomic E-state index is 0.125. The van der Waals surface area contributed by atoms with Gasteiger partial charge < -0.3 is 9.47 Å². The summed E-state index contributed by atoms with van der Waals surface area (Å²) in [5.41, 5.74) is 2.32. The Kier molecular flexibility index (Phi) is 4.53. The lowest BCUT2D eigenvalue weighted by molar-refractivity contribution is 0.393. The zero-order chi connectivity index (χ0) is 21.7. The number of rotatable bonds is 5. The van der Waals surface area contributed by atoms with Crippen LogP contribution in [0, 0.1) is 13.8 Å². The topological polar surface area (TPSA) is 84.7 Å². The van der Waals surface area contributed by atoms with Crippen LogP contribution in [-0.4, -0.2) is 37.3 Å². The average Bonchev–Trinajstić information content (AvgIpc) is 3.25. The monoisotopic (exact) mass is 409 g/mol. The number of imidazole rings is 2. The maximum absolute atomic E-state index is 13.2. The van der Waals surface area contributed by atoms with Crippen LogP contribution in [0.5, 0.6) is 11.5 Å². The van der Waals surface area contributed by atoms with E-state index in [0.717, 1.165) is 21.6 Å². The van der Waals surface area contributed by atoms with Crippen molar-refractivity contribution in [3.05, 3.63) is 63.1 Å². The van der Waals surface area contributed by atoms with Gasteiger partial charge in [0, 0.05) is 31.0 Å². The molecule has 0 aliphatic heterocycles. The molecule has 9 nitrogen and oxygen atoms in total. The van der Waals surface area contributed by atoms with Gasteiger partial charge in [0.15, 0.2) is 11.2 Å². The maximum atomic E-state index is 13.2. The first-order valence-corrected chi connectivity index (χ1v) is 9.38. The zero-order valence-electron chi connectivity index (χ0n) is 17.6. The molecule has 4 aromatic rings. The van der Waals surface area contributed by atoms with Crippen molar-refractivity contribution in [3.8, 4) is 17.2 Å². The Morgan fingerprint density at radius 1 is 1.13 bits per heavy atom. The highest BCUT2D eigenvalue weighted by atomic mass is 16.5. The van der Waals surface area contributed by atoms with E-state index in [9.17, 15) is 9.59 Å². The summed E-state index contributed by atoms with van der Waals surface area (Å²) in [6.45, 7) is 7.64. The SMILES string of the molecule is C=CCn1c(=O)c2c(nc3n(-c4ccc(OC)cc4OC)c(C)c(C)n23)n(C)c1=O. The van der Waals surface area contributed by atoms with Crippen molar-refractivity contribution in [2.75, 3.05) is 14.2 Å². The standard InChI is InChI=1S/C21H23N5O4/c1-7-10-24-19(27)17-18(23(4)21(24)28)22-20-25(12(2)13(3)26(17)20)15-9-8-14(29-5)11-16(15)30-6/h7-9,11H,1,10H2,2-6H3. The van der Waals surface area contributed by atoms with E-state index >= 15 is 0 Å². The van der Waals surface area contributed by atoms with Gasteiger partial charge in [0.25, 0.3) is 5.56 Å². The van der Waals surface area contributed by atoms with Crippen LogP contribution >= 0.6 is 0 Å². The fraction of sp³-hybridized carbons (Fsp3) is 0.286. The summed E-state index contributed by atoms with van der Waals surface area (Å²) in [4.78, 5) is 30.5. The summed E-state index contributed by atoms with van der Waals surface area (Å²) in [5.74, 6) is 1.78. The fourth-order valence-corrected chi connectivity index (χ4v) is 3.80. The largest absolute Gasteiger partial charge is 0.497 e. The number of fused-ring (bicyclic) bond motifs is 3. The van der Waals surface area contributed by atoms with Crippen molar-refractivity contribution in [2.24, 2.45) is 7.05 Å². The van der Waals surface area contributed by atoms with Gasteiger partial charge in [0.2, 0.25) is 5.78 Å². The molecule has 0 bridgehead atoms. The number of allylic oxidation sites excluding steroid dienone is 1. The molecular formula is C21H23N5O4. The van der Waals surface area contributed by atoms with Crippen molar-refractivity contribution in [2.45, 2.75) is 20.4 Å². The van der Waals surface area contributed by atoms with Crippen LogP contribution in [0.3, 0.4) is 0 Å². The third kappa shape index (κ3) is 2.51. The molecule has 0 saturated carbocycles. The maximum Gasteiger partial charge on any atom is 0.332 e. The molecule has 0 amide bonds. The number of ether oxygens (including phenoxy) is 2. The van der Waals surface area contributed by atoms with Crippen molar-refractivity contribution in [3.63, 3.8) is 0 Å². The third-order valence-corrected chi connectivity index (χ3v) is 5.46. The third-order valence-electron chi connectivity index (χ3n) is 5.46. The number of nitrogens with zero attached hydrogens (tertiary/aromatic N) is 5. The Morgan fingerprint density at radius 3 is 2.50 bits per heavy atom. The van der Waals surface area contributed by atoms with Crippen molar-refractivity contribution in [1.82, 2.24) is 23.1 Å². The average molecular weight is 409 g/mol. The van der Waals surface area contributed by atoms with E-state index in [1.807, 2.05) is 30.5 Å². The Labute approximate surface area is 172 Å². The van der Waals surface area contributed by atoms with E-state index < -0.39 is 11.2 Å². The normalized spacial score (nSPS) is 11.4. The molecule has 30 heavy (non-hydrogen) atoms. The molecule has 0 atom stereocenters. The van der Waals surface area contributed by atoms with Crippen LogP contribution < -0.4 is 20.7 Å². The van der Waals surface area contributed by atoms with Crippen molar-refractivity contribution >= 4 is 16.9 Å². The highest BCUT2D eigenvalue weighted by Gasteiger charge is 2.24. The van der Waals surface area contributed by atoms with Crippen LogP contribution in [0.2, 0.25) is 0 Å². The summed E-state index contributed by atoms with van der Waals surface area (Å²) >= 11 is 0. The molecule has 1 aromatic carbocycles. The van der Waals surface area contributed by atoms with Crippen LogP contribution in [-0.2, 0) is 13.6 Å². The molecule has 0 radical (unpaired) electrons. The first kappa shape index (κ1) is 19.6. The molecule has 0 N–H and O–H groups in total. The molecule has 0 aliphatic rings. The fourth-order valence-electron chi connectivity index (χ4n) is 3.80. The lowest BCUT2D eigenvalue weighted by atomic mass is 10.2. The van der Waals surface area contributed by atoms with Crippen LogP contribution in [0.25, 0.3) is 22.6 Å². The van der Waals surface area contributed by atoms with Gasteiger partial charge in [-0.2, -0.15) is 4.98 Å². The Bertz CT molecular complexity index is 1430. The van der Waals surface area contributed by atoms with Gasteiger partial charge in [-0.05, 0) is 26.0 Å². The molecule has 3 aromatic heterocycles. The summed E-state index contributed by atoms with van der Waals surface area (Å²) in [7, 11) is 4.78. The number of hydrogen-bond donors (Lipinski definition) is 0. The number of benzene rings is 1. The molecule has 0 fully saturated rings. The molecule has 156 valence electrons. The van der Waals surface area contributed by atoms with Crippen molar-refractivity contribution in [1.29, 1.82) is 0 Å². The van der Waals surface area contributed by atoms with Gasteiger partial charge in [-0.25, -0.2) is 4.79 Å². The van der Waals surface area contributed by atoms with Gasteiger partial charge in [0.1, 0.15) is 11.5 Å². The van der Waals surface area contributed by atoms with Crippen molar-refractivity contribution < 1.29 is 9.47 Å². The summed E-state index contributed by atoms with van der Waals surface area (Å²) < 4.78 is 17.1. The minimum Gasteiger partial charge on any atom is -0.497 e. The van der Waals surface area contributed by atoms with E-state index in [2.05, 4.69) is 11.6 Å². The molecule has 0 unspecified atom stereocenters. The second-order valence-electron chi connectivity index (χ2n) is 7.01. The van der Waals surface area contributed by atoms with E-state index in [1.54, 1.807) is 31.7 Å². The highest BCUT2D eigenvalue weighted by Crippen LogP contribution is 2.32. The Morgan fingerprint density at radius 2 is 1.87 bits per heavy atom. The smallest absolute Gasteiger partial charge is 0.332 e. The molecule has 3 heterocycles. The first-order valence-electron chi connectivity index (χ1n) is 9.38. The Hall–Kier alpha value is -3.75. The van der Waals surface area contributed by atoms with Gasteiger partial charge in [-0.15, -0.1) is 6.58 Å². The van der Waals surface area contributed by atoms with Gasteiger partial charge in [-0.3, -0.25) is 22.9 Å². The molecule has 0 spiro atoms. The van der Waals surface area contributed by atoms with Crippen LogP contribution in [0.4, 0.5) is 0 Å². The molecule has 4 rings (SSSR count). The quantitative estimate of drug-likeness (QED) is 0.471. The predicted octanol–water partition coefficient (Wildman–Crippen LogP) is 1.96. The molecule has 9 heteroatoms. The predicted molar refractivity (Wildman–Crippen MR) is 114 cm³/mol. The first-order chi connectivity index (χ1) is 14.3. The summed E-state index contributed by atoms with van der Waals surface area (Å²) in [5, 5.41) is 0. The summed E-state index contributed by atoms with van der Waals surface area (Å²) in [6, 6.07) is 5.49. The highest BCUT2D eigenvalue weighted by molar-refractivity contribution is 5.77. The van der Waals surface area contributed by atoms with Gasteiger partial charge in [-0.1, -0.05) is 6.08 Å². The van der Waals surface area contributed by atoms with E-state index in [0.29, 0.717) is 28.4 Å². The van der Waals surface area contributed by atoms with Gasteiger partial charge in [0.05, 0.1) is 19.9 Å². The van der Waals surface area contributed by atoms with Crippen LogP contribution in [0.1, 0.15) is 11.4 Å². The van der Waals surface area contributed by atoms with E-state index in [-0.39, 0.29) is 6.54 Å². The van der Waals surface area contributed by atoms with E-state index in [1.165, 1.54) is 10.6 Å². The molecule has 0 saturated heterocycles. The second-order valence-corrected chi connectivity index (χ2v) is 7.01. The zero-order valence-corrected chi connectivity index (χ0v) is 17.6. The number of methoxy groups -OCH3 is 2. The van der Waals surface area contributed by atoms with E-state index in [4.69, 9.17) is 9.47 Å². The molecular weight excluding hydrogens is 386 g/mol. The number of aryl methyl sites for hydroxylation is 2. The minimum atomic E-state index is -0.434. The lowest BCUT2D eigenvalue weighted by Crippen LogP contribution is -2.39. The number of hydrogen-bond acceptors (Lipinski definition) is 5. The van der Waals surface area contributed by atoms with Gasteiger partial charge >= 0.3 is 5.69 Å². The number of aromatic nitrogens is 5. The second kappa shape index (κ2) is 6.94. The summed E-state index contributed by atoms with van der Waals surface area (Å²) in [6.07, 6.45) is 1.53. The lowest BCUT2D eigenvalue weighted by Gasteiger charge is -2.13. The molecule has 0 aliphatic carbocycles.